The van der Waals surface area contributed by atoms with Crippen LogP contribution in [0, 0.1) is 13.8 Å². The highest BCUT2D eigenvalue weighted by Gasteiger charge is 2.14. The molecule has 0 bridgehead atoms. The summed E-state index contributed by atoms with van der Waals surface area (Å²) in [6, 6.07) is 10.8. The lowest BCUT2D eigenvalue weighted by molar-refractivity contribution is 0.522. The second-order valence-electron chi connectivity index (χ2n) is 6.39. The molecule has 116 valence electrons. The number of aromatic amines is 1. The summed E-state index contributed by atoms with van der Waals surface area (Å²) >= 11 is 0. The number of nitrogens with one attached hydrogen (secondary N) is 2. The van der Waals surface area contributed by atoms with Gasteiger partial charge in [-0.25, -0.2) is 0 Å². The van der Waals surface area contributed by atoms with Crippen LogP contribution in [0.1, 0.15) is 42.4 Å². The highest BCUT2D eigenvalue weighted by atomic mass is 16.1. The number of aromatic nitrogens is 1. The Morgan fingerprint density at radius 2 is 1.86 bits per heavy atom. The van der Waals surface area contributed by atoms with Crippen molar-refractivity contribution in [2.75, 3.05) is 0 Å². The van der Waals surface area contributed by atoms with Crippen molar-refractivity contribution in [3.8, 4) is 11.3 Å². The van der Waals surface area contributed by atoms with Gasteiger partial charge in [0, 0.05) is 23.8 Å². The van der Waals surface area contributed by atoms with Crippen molar-refractivity contribution in [1.29, 1.82) is 0 Å². The second kappa shape index (κ2) is 6.49. The summed E-state index contributed by atoms with van der Waals surface area (Å²) in [7, 11) is 0. The van der Waals surface area contributed by atoms with Gasteiger partial charge in [-0.2, -0.15) is 0 Å². The minimum atomic E-state index is 0.0150. The fraction of sp³-hybridized carbons (Fsp3) is 0.421. The lowest BCUT2D eigenvalue weighted by Crippen LogP contribution is -2.28. The third-order valence-electron chi connectivity index (χ3n) is 4.75. The first kappa shape index (κ1) is 15.0. The molecule has 2 aromatic rings. The van der Waals surface area contributed by atoms with Gasteiger partial charge in [-0.1, -0.05) is 31.0 Å². The maximum Gasteiger partial charge on any atom is 0.252 e. The van der Waals surface area contributed by atoms with Crippen LogP contribution in [0.3, 0.4) is 0 Å². The van der Waals surface area contributed by atoms with E-state index in [0.29, 0.717) is 12.6 Å². The maximum atomic E-state index is 12.3. The average molecular weight is 296 g/mol. The zero-order valence-corrected chi connectivity index (χ0v) is 13.4. The number of aryl methyl sites for hydroxylation is 2. The van der Waals surface area contributed by atoms with Crippen molar-refractivity contribution in [3.05, 3.63) is 57.4 Å². The van der Waals surface area contributed by atoms with Gasteiger partial charge in [0.1, 0.15) is 0 Å². The van der Waals surface area contributed by atoms with Crippen LogP contribution in [0.5, 0.6) is 0 Å². The number of pyridine rings is 1. The number of rotatable bonds is 4. The molecular weight excluding hydrogens is 272 g/mol. The van der Waals surface area contributed by atoms with Crippen molar-refractivity contribution >= 4 is 0 Å². The lowest BCUT2D eigenvalue weighted by atomic mass is 10.0. The molecule has 1 aromatic heterocycles. The molecule has 0 spiro atoms. The smallest absolute Gasteiger partial charge is 0.252 e. The van der Waals surface area contributed by atoms with E-state index in [1.54, 1.807) is 0 Å². The molecule has 22 heavy (non-hydrogen) atoms. The Morgan fingerprint density at radius 1 is 1.09 bits per heavy atom. The van der Waals surface area contributed by atoms with E-state index in [1.165, 1.54) is 36.8 Å². The van der Waals surface area contributed by atoms with Crippen molar-refractivity contribution in [2.24, 2.45) is 0 Å². The molecule has 0 radical (unpaired) electrons. The molecule has 2 N–H and O–H groups in total. The number of hydrogen-bond acceptors (Lipinski definition) is 2. The molecule has 0 amide bonds. The van der Waals surface area contributed by atoms with E-state index in [1.807, 2.05) is 12.1 Å². The van der Waals surface area contributed by atoms with Crippen LogP contribution in [0.4, 0.5) is 0 Å². The molecule has 3 rings (SSSR count). The van der Waals surface area contributed by atoms with Crippen LogP contribution in [-0.2, 0) is 6.54 Å². The van der Waals surface area contributed by atoms with Crippen molar-refractivity contribution in [2.45, 2.75) is 52.1 Å². The van der Waals surface area contributed by atoms with Crippen LogP contribution in [0.25, 0.3) is 11.3 Å². The Morgan fingerprint density at radius 3 is 2.55 bits per heavy atom. The summed E-state index contributed by atoms with van der Waals surface area (Å²) in [5, 5.41) is 3.49. The van der Waals surface area contributed by atoms with E-state index in [4.69, 9.17) is 0 Å². The highest BCUT2D eigenvalue weighted by Crippen LogP contribution is 2.20. The van der Waals surface area contributed by atoms with E-state index < -0.39 is 0 Å². The second-order valence-corrected chi connectivity index (χ2v) is 6.39. The third kappa shape index (κ3) is 3.30. The summed E-state index contributed by atoms with van der Waals surface area (Å²) in [5.74, 6) is 0. The Kier molecular flexibility index (Phi) is 4.44. The molecule has 1 aliphatic carbocycles. The fourth-order valence-electron chi connectivity index (χ4n) is 3.10. The van der Waals surface area contributed by atoms with Gasteiger partial charge in [-0.3, -0.25) is 4.79 Å². The molecule has 3 heteroatoms. The van der Waals surface area contributed by atoms with E-state index in [-0.39, 0.29) is 5.56 Å². The largest absolute Gasteiger partial charge is 0.322 e. The van der Waals surface area contributed by atoms with Gasteiger partial charge >= 0.3 is 0 Å². The van der Waals surface area contributed by atoms with Crippen molar-refractivity contribution in [1.82, 2.24) is 10.3 Å². The zero-order valence-electron chi connectivity index (χ0n) is 13.4. The zero-order chi connectivity index (χ0) is 15.5. The van der Waals surface area contributed by atoms with E-state index in [9.17, 15) is 4.79 Å². The summed E-state index contributed by atoms with van der Waals surface area (Å²) in [6.45, 7) is 4.85. The summed E-state index contributed by atoms with van der Waals surface area (Å²) in [5.41, 5.74) is 5.29. The Hall–Kier alpha value is -1.87. The van der Waals surface area contributed by atoms with E-state index in [0.717, 1.165) is 16.8 Å². The van der Waals surface area contributed by atoms with Gasteiger partial charge < -0.3 is 10.3 Å². The summed E-state index contributed by atoms with van der Waals surface area (Å²) < 4.78 is 0. The quantitative estimate of drug-likeness (QED) is 0.903. The molecule has 1 heterocycles. The molecule has 1 aromatic carbocycles. The number of benzene rings is 1. The third-order valence-corrected chi connectivity index (χ3v) is 4.75. The van der Waals surface area contributed by atoms with Gasteiger partial charge in [0.05, 0.1) is 0 Å². The van der Waals surface area contributed by atoms with Gasteiger partial charge in [-0.05, 0) is 55.5 Å². The number of H-pyrrole nitrogens is 1. The Balaban J connectivity index is 1.76. The van der Waals surface area contributed by atoms with E-state index >= 15 is 0 Å². The molecule has 0 unspecified atom stereocenters. The molecule has 0 atom stereocenters. The van der Waals surface area contributed by atoms with Crippen molar-refractivity contribution in [3.63, 3.8) is 0 Å². The molecular formula is C19H24N2O. The van der Waals surface area contributed by atoms with Crippen LogP contribution in [-0.4, -0.2) is 11.0 Å². The molecule has 0 saturated heterocycles. The minimum absolute atomic E-state index is 0.0150. The predicted octanol–water partition coefficient (Wildman–Crippen LogP) is 3.69. The first-order valence-corrected chi connectivity index (χ1v) is 8.17. The van der Waals surface area contributed by atoms with Crippen molar-refractivity contribution < 1.29 is 0 Å². The summed E-state index contributed by atoms with van der Waals surface area (Å²) in [4.78, 5) is 15.3. The molecule has 0 aliphatic heterocycles. The Bertz CT molecular complexity index is 712. The van der Waals surface area contributed by atoms with Gasteiger partial charge in [0.25, 0.3) is 5.56 Å². The molecule has 3 nitrogen and oxygen atoms in total. The Labute approximate surface area is 131 Å². The predicted molar refractivity (Wildman–Crippen MR) is 91.1 cm³/mol. The SMILES string of the molecule is Cc1ccc(-c2ccc(CNC3CCCC3)c(=O)[nH]2)cc1C. The topological polar surface area (TPSA) is 44.9 Å². The van der Waals surface area contributed by atoms with Crippen LogP contribution in [0.2, 0.25) is 0 Å². The molecule has 1 aliphatic rings. The first-order chi connectivity index (χ1) is 10.6. The highest BCUT2D eigenvalue weighted by molar-refractivity contribution is 5.60. The van der Waals surface area contributed by atoms with Crippen LogP contribution in [0.15, 0.2) is 35.1 Å². The summed E-state index contributed by atoms with van der Waals surface area (Å²) in [6.07, 6.45) is 5.08. The van der Waals surface area contributed by atoms with Crippen LogP contribution < -0.4 is 10.9 Å². The molecule has 1 saturated carbocycles. The van der Waals surface area contributed by atoms with Gasteiger partial charge in [0.15, 0.2) is 0 Å². The standard InChI is InChI=1S/C19H24N2O/c1-13-7-8-15(11-14(13)2)18-10-9-16(19(22)21-18)12-20-17-5-3-4-6-17/h7-11,17,20H,3-6,12H2,1-2H3,(H,21,22). The van der Waals surface area contributed by atoms with Gasteiger partial charge in [-0.15, -0.1) is 0 Å². The molecule has 1 fully saturated rings. The van der Waals surface area contributed by atoms with Gasteiger partial charge in [0.2, 0.25) is 0 Å². The minimum Gasteiger partial charge on any atom is -0.322 e. The first-order valence-electron chi connectivity index (χ1n) is 8.17. The fourth-order valence-corrected chi connectivity index (χ4v) is 3.10. The monoisotopic (exact) mass is 296 g/mol. The lowest BCUT2D eigenvalue weighted by Gasteiger charge is -2.12. The van der Waals surface area contributed by atoms with Crippen LogP contribution >= 0.6 is 0 Å². The number of hydrogen-bond donors (Lipinski definition) is 2. The van der Waals surface area contributed by atoms with E-state index in [2.05, 4.69) is 42.3 Å². The normalized spacial score (nSPS) is 15.4. The maximum absolute atomic E-state index is 12.3. The average Bonchev–Trinajstić information content (AvgIpc) is 3.02.